The van der Waals surface area contributed by atoms with E-state index in [1.807, 2.05) is 30.3 Å². The van der Waals surface area contributed by atoms with Crippen LogP contribution in [0.5, 0.6) is 0 Å². The summed E-state index contributed by atoms with van der Waals surface area (Å²) in [7, 11) is 0. The van der Waals surface area contributed by atoms with Gasteiger partial charge in [0.25, 0.3) is 17.4 Å². The molecule has 166 valence electrons. The van der Waals surface area contributed by atoms with Gasteiger partial charge in [0.1, 0.15) is 11.6 Å². The third-order valence-corrected chi connectivity index (χ3v) is 5.56. The van der Waals surface area contributed by atoms with Gasteiger partial charge in [-0.3, -0.25) is 19.7 Å². The summed E-state index contributed by atoms with van der Waals surface area (Å²) in [5, 5.41) is 22.0. The van der Waals surface area contributed by atoms with Crippen LogP contribution in [0.25, 0.3) is 5.76 Å². The van der Waals surface area contributed by atoms with Crippen LogP contribution < -0.4 is 0 Å². The normalized spacial score (nSPS) is 17.4. The van der Waals surface area contributed by atoms with E-state index in [0.29, 0.717) is 12.0 Å². The zero-order valence-electron chi connectivity index (χ0n) is 17.3. The largest absolute Gasteiger partial charge is 0.507 e. The fraction of sp³-hybridized carbons (Fsp3) is 0.120. The molecular weight excluding hydrogens is 427 g/mol. The number of nitro benzene ring substituents is 1. The number of Topliss-reactive ketones (excluding diaryl/α,β-unsaturated/α-hetero) is 1. The Morgan fingerprint density at radius 2 is 1.61 bits per heavy atom. The molecule has 0 saturated carbocycles. The second-order valence-electron chi connectivity index (χ2n) is 7.58. The average molecular weight is 446 g/mol. The number of likely N-dealkylation sites (tertiary alicyclic amines) is 1. The van der Waals surface area contributed by atoms with Gasteiger partial charge in [-0.05, 0) is 53.9 Å². The minimum atomic E-state index is -0.945. The van der Waals surface area contributed by atoms with Crippen molar-refractivity contribution >= 4 is 23.1 Å². The van der Waals surface area contributed by atoms with Gasteiger partial charge in [-0.1, -0.05) is 30.3 Å². The minimum Gasteiger partial charge on any atom is -0.507 e. The molecule has 0 aromatic heterocycles. The Kier molecular flexibility index (Phi) is 5.99. The molecule has 1 aliphatic heterocycles. The van der Waals surface area contributed by atoms with Gasteiger partial charge < -0.3 is 10.0 Å². The van der Waals surface area contributed by atoms with Crippen LogP contribution in [-0.4, -0.2) is 33.2 Å². The van der Waals surface area contributed by atoms with Crippen molar-refractivity contribution in [2.24, 2.45) is 0 Å². The second kappa shape index (κ2) is 9.04. The van der Waals surface area contributed by atoms with Gasteiger partial charge in [-0.15, -0.1) is 0 Å². The van der Waals surface area contributed by atoms with E-state index in [4.69, 9.17) is 0 Å². The first-order valence-corrected chi connectivity index (χ1v) is 10.2. The van der Waals surface area contributed by atoms with Gasteiger partial charge in [-0.25, -0.2) is 4.39 Å². The smallest absolute Gasteiger partial charge is 0.295 e. The van der Waals surface area contributed by atoms with Crippen molar-refractivity contribution in [2.45, 2.75) is 12.5 Å². The van der Waals surface area contributed by atoms with E-state index in [-0.39, 0.29) is 23.4 Å². The summed E-state index contributed by atoms with van der Waals surface area (Å²) in [5.74, 6) is -2.59. The third-order valence-electron chi connectivity index (χ3n) is 5.56. The molecule has 1 heterocycles. The number of hydrogen-bond acceptors (Lipinski definition) is 5. The van der Waals surface area contributed by atoms with Crippen LogP contribution in [-0.2, 0) is 16.0 Å². The standard InChI is InChI=1S/C25H19FN2O5/c26-19-10-6-18(7-11-19)23(29)21-22(17-8-12-20(13-9-17)28(32)33)27(25(31)24(21)30)15-14-16-4-2-1-3-5-16/h1-13,22,29H,14-15H2. The first kappa shape index (κ1) is 21.9. The van der Waals surface area contributed by atoms with Crippen LogP contribution in [0.4, 0.5) is 10.1 Å². The Morgan fingerprint density at radius 3 is 2.21 bits per heavy atom. The van der Waals surface area contributed by atoms with E-state index < -0.39 is 34.2 Å². The quantitative estimate of drug-likeness (QED) is 0.199. The maximum absolute atomic E-state index is 13.4. The van der Waals surface area contributed by atoms with Gasteiger partial charge in [0.05, 0.1) is 16.5 Å². The number of aliphatic hydroxyl groups excluding tert-OH is 1. The van der Waals surface area contributed by atoms with Gasteiger partial charge >= 0.3 is 0 Å². The maximum Gasteiger partial charge on any atom is 0.295 e. The highest BCUT2D eigenvalue weighted by Gasteiger charge is 2.45. The number of carbonyl (C=O) groups is 2. The monoisotopic (exact) mass is 446 g/mol. The molecule has 1 unspecified atom stereocenters. The fourth-order valence-corrected chi connectivity index (χ4v) is 3.89. The Balaban J connectivity index is 1.79. The highest BCUT2D eigenvalue weighted by molar-refractivity contribution is 6.46. The summed E-state index contributed by atoms with van der Waals surface area (Å²) in [6.07, 6.45) is 0.466. The van der Waals surface area contributed by atoms with Crippen LogP contribution in [0.3, 0.4) is 0 Å². The van der Waals surface area contributed by atoms with E-state index in [9.17, 15) is 29.2 Å². The summed E-state index contributed by atoms with van der Waals surface area (Å²) in [6.45, 7) is 0.191. The molecule has 1 saturated heterocycles. The molecule has 0 spiro atoms. The number of halogens is 1. The van der Waals surface area contributed by atoms with Crippen molar-refractivity contribution in [1.29, 1.82) is 0 Å². The van der Waals surface area contributed by atoms with Gasteiger partial charge in [-0.2, -0.15) is 0 Å². The third kappa shape index (κ3) is 4.36. The summed E-state index contributed by atoms with van der Waals surface area (Å²) in [4.78, 5) is 37.8. The van der Waals surface area contributed by atoms with Gasteiger partial charge in [0.15, 0.2) is 0 Å². The lowest BCUT2D eigenvalue weighted by atomic mass is 9.95. The molecule has 0 radical (unpaired) electrons. The molecule has 8 heteroatoms. The Labute approximate surface area is 188 Å². The topological polar surface area (TPSA) is 101 Å². The van der Waals surface area contributed by atoms with Gasteiger partial charge in [0, 0.05) is 24.2 Å². The Bertz CT molecular complexity index is 1240. The number of aliphatic hydroxyl groups is 1. The zero-order valence-corrected chi connectivity index (χ0v) is 17.3. The highest BCUT2D eigenvalue weighted by atomic mass is 19.1. The summed E-state index contributed by atoms with van der Waals surface area (Å²) < 4.78 is 13.4. The van der Waals surface area contributed by atoms with Crippen molar-refractivity contribution in [3.63, 3.8) is 0 Å². The molecule has 0 aliphatic carbocycles. The number of non-ortho nitro benzene ring substituents is 1. The molecule has 4 rings (SSSR count). The first-order chi connectivity index (χ1) is 15.9. The van der Waals surface area contributed by atoms with Crippen LogP contribution in [0.2, 0.25) is 0 Å². The molecule has 3 aromatic carbocycles. The van der Waals surface area contributed by atoms with Crippen molar-refractivity contribution < 1.29 is 24.0 Å². The zero-order chi connectivity index (χ0) is 23.5. The SMILES string of the molecule is O=C1C(=O)N(CCc2ccccc2)C(c2ccc([N+](=O)[O-])cc2)C1=C(O)c1ccc(F)cc1. The molecule has 1 aliphatic rings. The molecular formula is C25H19FN2O5. The number of amides is 1. The number of benzene rings is 3. The maximum atomic E-state index is 13.4. The molecule has 1 fully saturated rings. The number of carbonyl (C=O) groups excluding carboxylic acids is 2. The van der Waals surface area contributed by atoms with Crippen molar-refractivity contribution in [1.82, 2.24) is 4.90 Å². The number of hydrogen-bond donors (Lipinski definition) is 1. The summed E-state index contributed by atoms with van der Waals surface area (Å²) in [5.41, 5.74) is 1.30. The number of nitro groups is 1. The lowest BCUT2D eigenvalue weighted by Gasteiger charge is -2.25. The highest BCUT2D eigenvalue weighted by Crippen LogP contribution is 2.39. The van der Waals surface area contributed by atoms with Gasteiger partial charge in [0.2, 0.25) is 0 Å². The number of nitrogens with zero attached hydrogens (tertiary/aromatic N) is 2. The van der Waals surface area contributed by atoms with Crippen LogP contribution >= 0.6 is 0 Å². The predicted molar refractivity (Wildman–Crippen MR) is 119 cm³/mol. The lowest BCUT2D eigenvalue weighted by Crippen LogP contribution is -2.31. The fourth-order valence-electron chi connectivity index (χ4n) is 3.89. The molecule has 7 nitrogen and oxygen atoms in total. The molecule has 1 N–H and O–H groups in total. The first-order valence-electron chi connectivity index (χ1n) is 10.2. The van der Waals surface area contributed by atoms with Crippen LogP contribution in [0.1, 0.15) is 22.7 Å². The molecule has 0 bridgehead atoms. The van der Waals surface area contributed by atoms with E-state index >= 15 is 0 Å². The second-order valence-corrected chi connectivity index (χ2v) is 7.58. The van der Waals surface area contributed by atoms with E-state index in [2.05, 4.69) is 0 Å². The average Bonchev–Trinajstić information content (AvgIpc) is 3.08. The van der Waals surface area contributed by atoms with E-state index in [1.165, 1.54) is 41.3 Å². The van der Waals surface area contributed by atoms with Crippen LogP contribution in [0, 0.1) is 15.9 Å². The minimum absolute atomic E-state index is 0.140. The van der Waals surface area contributed by atoms with Crippen molar-refractivity contribution in [3.8, 4) is 0 Å². The molecule has 33 heavy (non-hydrogen) atoms. The lowest BCUT2D eigenvalue weighted by molar-refractivity contribution is -0.384. The molecule has 1 amide bonds. The molecule has 1 atom stereocenters. The number of rotatable bonds is 6. The van der Waals surface area contributed by atoms with Crippen molar-refractivity contribution in [3.05, 3.63) is 117 Å². The van der Waals surface area contributed by atoms with Crippen molar-refractivity contribution in [2.75, 3.05) is 6.54 Å². The van der Waals surface area contributed by atoms with E-state index in [0.717, 1.165) is 17.7 Å². The number of ketones is 1. The van der Waals surface area contributed by atoms with E-state index in [1.54, 1.807) is 0 Å². The Hall–Kier alpha value is -4.33. The molecule has 3 aromatic rings. The predicted octanol–water partition coefficient (Wildman–Crippen LogP) is 4.40. The summed E-state index contributed by atoms with van der Waals surface area (Å²) in [6, 6.07) is 18.9. The van der Waals surface area contributed by atoms with Crippen LogP contribution in [0.15, 0.2) is 84.4 Å². The summed E-state index contributed by atoms with van der Waals surface area (Å²) >= 11 is 0. The Morgan fingerprint density at radius 1 is 0.970 bits per heavy atom.